The first kappa shape index (κ1) is 55.9. The maximum absolute atomic E-state index is 14.1. The number of thiazole rings is 1. The molecule has 0 spiro atoms. The number of pyridine rings is 1. The third kappa shape index (κ3) is 13.7. The Morgan fingerprint density at radius 2 is 1.62 bits per heavy atom. The predicted molar refractivity (Wildman–Crippen MR) is 304 cm³/mol. The fraction of sp³-hybridized carbons (Fsp3) is 0.414. The van der Waals surface area contributed by atoms with E-state index in [0.717, 1.165) is 72.1 Å². The summed E-state index contributed by atoms with van der Waals surface area (Å²) in [5.41, 5.74) is 7.14. The number of aliphatic hydroxyl groups excluding tert-OH is 1. The number of carbonyl (C=O) groups excluding carboxylic acids is 5. The Hall–Kier alpha value is -6.81. The summed E-state index contributed by atoms with van der Waals surface area (Å²) in [5, 5.41) is 23.9. The van der Waals surface area contributed by atoms with Crippen molar-refractivity contribution in [1.29, 1.82) is 0 Å². The van der Waals surface area contributed by atoms with E-state index >= 15 is 0 Å². The molecule has 18 nitrogen and oxygen atoms in total. The minimum atomic E-state index is -0.932. The van der Waals surface area contributed by atoms with E-state index < -0.39 is 46.4 Å². The Kier molecular flexibility index (Phi) is 18.2. The number of aliphatic hydroxyl groups is 1. The Morgan fingerprint density at radius 1 is 0.872 bits per heavy atom. The molecule has 2 unspecified atom stereocenters. The predicted octanol–water partition coefficient (Wildman–Crippen LogP) is 6.72. The number of rotatable bonds is 21. The van der Waals surface area contributed by atoms with Gasteiger partial charge in [-0.3, -0.25) is 39.2 Å². The topological polar surface area (TPSA) is 211 Å². The molecule has 412 valence electrons. The minimum Gasteiger partial charge on any atom is -0.391 e. The highest BCUT2D eigenvalue weighted by molar-refractivity contribution is 8.31. The zero-order valence-corrected chi connectivity index (χ0v) is 46.6. The number of aromatic nitrogens is 2. The van der Waals surface area contributed by atoms with Crippen LogP contribution in [0.3, 0.4) is 0 Å². The fourth-order valence-electron chi connectivity index (χ4n) is 10.1. The average molecular weight is 1100 g/mol. The Labute approximate surface area is 462 Å². The number of carbonyl (C=O) groups is 5. The number of amides is 5. The number of piperazine rings is 1. The van der Waals surface area contributed by atoms with Gasteiger partial charge in [-0.15, -0.1) is 11.3 Å². The minimum absolute atomic E-state index is 0.00526. The number of nitrogens with zero attached hydrogens (tertiary/aromatic N) is 7. The lowest BCUT2D eigenvalue weighted by atomic mass is 9.85. The second-order valence-corrected chi connectivity index (χ2v) is 23.9. The molecule has 4 aliphatic rings. The molecular weight excluding hydrogens is 1030 g/mol. The maximum Gasteiger partial charge on any atom is 0.255 e. The molecule has 6 heterocycles. The molecule has 5 amide bonds. The first-order valence-corrected chi connectivity index (χ1v) is 28.9. The highest BCUT2D eigenvalue weighted by Crippen LogP contribution is 2.40. The highest BCUT2D eigenvalue weighted by atomic mass is 32.2. The second kappa shape index (κ2) is 25.3. The lowest BCUT2D eigenvalue weighted by Gasteiger charge is -2.35. The quantitative estimate of drug-likeness (QED) is 0.0383. The molecule has 6 atom stereocenters. The molecule has 2 aromatic heterocycles. The van der Waals surface area contributed by atoms with Crippen LogP contribution in [0.2, 0.25) is 0 Å². The Morgan fingerprint density at radius 3 is 2.29 bits per heavy atom. The zero-order valence-electron chi connectivity index (χ0n) is 44.8. The first-order chi connectivity index (χ1) is 37.6. The summed E-state index contributed by atoms with van der Waals surface area (Å²) in [6.45, 7) is 15.2. The summed E-state index contributed by atoms with van der Waals surface area (Å²) in [6.07, 6.45) is 2.75. The molecule has 3 aromatic carbocycles. The van der Waals surface area contributed by atoms with Crippen molar-refractivity contribution in [2.24, 2.45) is 10.4 Å². The van der Waals surface area contributed by atoms with E-state index in [2.05, 4.69) is 53.3 Å². The van der Waals surface area contributed by atoms with E-state index in [1.807, 2.05) is 119 Å². The van der Waals surface area contributed by atoms with Crippen LogP contribution in [0.15, 0.2) is 124 Å². The van der Waals surface area contributed by atoms with E-state index in [9.17, 15) is 29.1 Å². The van der Waals surface area contributed by atoms with Crippen LogP contribution in [-0.2, 0) is 35.2 Å². The number of fused-ring (bicyclic) bond motifs is 1. The lowest BCUT2D eigenvalue weighted by Crippen LogP contribution is -2.58. The smallest absolute Gasteiger partial charge is 0.255 e. The third-order valence-electron chi connectivity index (χ3n) is 14.5. The van der Waals surface area contributed by atoms with Crippen LogP contribution in [0, 0.1) is 5.41 Å². The van der Waals surface area contributed by atoms with Gasteiger partial charge in [0.05, 0.1) is 38.6 Å². The van der Waals surface area contributed by atoms with Gasteiger partial charge in [-0.2, -0.15) is 10.9 Å². The van der Waals surface area contributed by atoms with E-state index in [-0.39, 0.29) is 55.7 Å². The third-order valence-corrected chi connectivity index (χ3v) is 17.1. The Balaban J connectivity index is 0.665. The SMILES string of the molecule is CC1=C[SH](c2ccc([C@H](C)NC(=O)[C@@H]3C[C@@H](O)CN3C(=O)[C@@H](NC(=O)CCOCCOCCN3CCN(c4ccc(-c5ccc6c(c5)C(=O)N(C(C(=O)Nc5nccs5)c5ccccc5)C6)cn4)CC3)C(C)(C)C)cc2)C=N1. The molecule has 0 radical (unpaired) electrons. The first-order valence-electron chi connectivity index (χ1n) is 26.6. The molecule has 2 saturated heterocycles. The number of thiol groups is 1. The molecule has 4 aliphatic heterocycles. The number of allylic oxidation sites excluding steroid dienone is 1. The standard InChI is InChI=1S/C58H70N10O8S2/c1-38-36-78(37-61-38)46-16-13-40(14-17-46)39(2)62-53(71)48-32-45(69)35-67(48)56(74)52(58(3,4)5)63-50(70)19-26-75-28-29-76-27-25-65-21-23-66(24-22-65)49-18-15-43(33-60-49)42-11-12-44-34-68(55(73)47(44)31-42)51(41-9-7-6-8-10-41)54(72)64-57-59-20-30-77-57/h6-18,20,30-31,33,36-37,39,45,48,51-52,69,78H,19,21-29,32,34-35H2,1-5H3,(H,62,71)(H,63,70)(H,59,64,72)/t39-,45+,48-,51?,52+/m0/s1. The van der Waals surface area contributed by atoms with Crippen LogP contribution in [0.25, 0.3) is 11.1 Å². The van der Waals surface area contributed by atoms with Crippen molar-refractivity contribution < 1.29 is 38.6 Å². The van der Waals surface area contributed by atoms with Gasteiger partial charge in [-0.05, 0) is 82.2 Å². The normalized spacial score (nSPS) is 20.0. The van der Waals surface area contributed by atoms with Crippen LogP contribution < -0.4 is 20.9 Å². The number of anilines is 2. The number of nitrogens with one attached hydrogen (secondary N) is 3. The van der Waals surface area contributed by atoms with E-state index in [0.29, 0.717) is 37.1 Å². The molecule has 2 fully saturated rings. The van der Waals surface area contributed by atoms with Crippen molar-refractivity contribution in [2.75, 3.05) is 75.9 Å². The van der Waals surface area contributed by atoms with Gasteiger partial charge in [0.2, 0.25) is 17.7 Å². The summed E-state index contributed by atoms with van der Waals surface area (Å²) in [6, 6.07) is 24.4. The number of ether oxygens (including phenoxy) is 2. The number of hydrogen-bond acceptors (Lipinski definition) is 14. The van der Waals surface area contributed by atoms with Crippen molar-refractivity contribution in [1.82, 2.24) is 35.3 Å². The number of likely N-dealkylation sites (tertiary alicyclic amines) is 1. The molecule has 9 rings (SSSR count). The van der Waals surface area contributed by atoms with Crippen LogP contribution in [-0.4, -0.2) is 149 Å². The summed E-state index contributed by atoms with van der Waals surface area (Å²) in [7, 11) is -0.574. The van der Waals surface area contributed by atoms with Crippen molar-refractivity contribution in [2.45, 2.75) is 89.2 Å². The molecule has 20 heteroatoms. The van der Waals surface area contributed by atoms with Crippen LogP contribution in [0.4, 0.5) is 10.9 Å². The van der Waals surface area contributed by atoms with Gasteiger partial charge < -0.3 is 39.9 Å². The summed E-state index contributed by atoms with van der Waals surface area (Å²) >= 11 is 1.33. The van der Waals surface area contributed by atoms with Crippen LogP contribution in [0.5, 0.6) is 0 Å². The maximum atomic E-state index is 14.1. The van der Waals surface area contributed by atoms with Gasteiger partial charge in [0, 0.05) is 98.8 Å². The highest BCUT2D eigenvalue weighted by Gasteiger charge is 2.45. The number of β-amino-alcohol motifs (C(OH)–C–C–N with tert-alkyl or cyclic N) is 1. The van der Waals surface area contributed by atoms with Crippen molar-refractivity contribution in [3.8, 4) is 11.1 Å². The van der Waals surface area contributed by atoms with Crippen molar-refractivity contribution >= 4 is 68.3 Å². The average Bonchev–Trinajstić information content (AvgIpc) is 4.32. The molecule has 78 heavy (non-hydrogen) atoms. The number of benzene rings is 3. The molecular formula is C58H70N10O8S2. The Bertz CT molecular complexity index is 2960. The van der Waals surface area contributed by atoms with Crippen molar-refractivity contribution in [3.05, 3.63) is 136 Å². The van der Waals surface area contributed by atoms with Crippen LogP contribution in [0.1, 0.15) is 86.6 Å². The lowest BCUT2D eigenvalue weighted by molar-refractivity contribution is -0.144. The van der Waals surface area contributed by atoms with Gasteiger partial charge >= 0.3 is 0 Å². The molecule has 4 N–H and O–H groups in total. The molecule has 0 saturated carbocycles. The van der Waals surface area contributed by atoms with Crippen molar-refractivity contribution in [3.63, 3.8) is 0 Å². The largest absolute Gasteiger partial charge is 0.391 e. The van der Waals surface area contributed by atoms with Gasteiger partial charge in [0.1, 0.15) is 23.9 Å². The molecule has 5 aromatic rings. The number of hydrogen-bond donors (Lipinski definition) is 5. The number of aliphatic imine (C=N–C) groups is 1. The fourth-order valence-corrected chi connectivity index (χ4v) is 12.3. The monoisotopic (exact) mass is 1100 g/mol. The summed E-state index contributed by atoms with van der Waals surface area (Å²) in [5.74, 6) is -0.757. The van der Waals surface area contributed by atoms with Gasteiger partial charge in [0.25, 0.3) is 11.8 Å². The van der Waals surface area contributed by atoms with E-state index in [1.54, 1.807) is 16.5 Å². The molecule has 0 aliphatic carbocycles. The summed E-state index contributed by atoms with van der Waals surface area (Å²) in [4.78, 5) is 90.8. The van der Waals surface area contributed by atoms with Gasteiger partial charge in [0.15, 0.2) is 5.13 Å². The van der Waals surface area contributed by atoms with Gasteiger partial charge in [-0.1, -0.05) is 75.4 Å². The van der Waals surface area contributed by atoms with E-state index in [4.69, 9.17) is 14.5 Å². The van der Waals surface area contributed by atoms with Crippen LogP contribution >= 0.6 is 22.2 Å². The summed E-state index contributed by atoms with van der Waals surface area (Å²) < 4.78 is 11.6. The molecule has 0 bridgehead atoms. The van der Waals surface area contributed by atoms with Gasteiger partial charge in [-0.25, -0.2) is 9.97 Å². The second-order valence-electron chi connectivity index (χ2n) is 21.2. The van der Waals surface area contributed by atoms with E-state index in [1.165, 1.54) is 21.1 Å². The zero-order chi connectivity index (χ0) is 54.9.